The van der Waals surface area contributed by atoms with E-state index in [-0.39, 0.29) is 17.7 Å². The highest BCUT2D eigenvalue weighted by molar-refractivity contribution is 6.35. The van der Waals surface area contributed by atoms with Crippen LogP contribution in [0.3, 0.4) is 0 Å². The number of carbonyl (C=O) groups excluding carboxylic acids is 3. The van der Waals surface area contributed by atoms with Crippen molar-refractivity contribution in [1.29, 1.82) is 0 Å². The van der Waals surface area contributed by atoms with Crippen molar-refractivity contribution in [2.45, 2.75) is 20.0 Å². The molecular formula is C25H25F3N6O5. The minimum Gasteiger partial charge on any atom is -0.475 e. The Labute approximate surface area is 220 Å². The summed E-state index contributed by atoms with van der Waals surface area (Å²) >= 11 is 0. The number of nitrogens with one attached hydrogen (secondary N) is 4. The quantitative estimate of drug-likeness (QED) is 0.288. The Kier molecular flexibility index (Phi) is 8.77. The summed E-state index contributed by atoms with van der Waals surface area (Å²) in [5.41, 5.74) is 4.91. The van der Waals surface area contributed by atoms with Gasteiger partial charge < -0.3 is 26.0 Å². The Hall–Kier alpha value is -4.64. The number of H-pyrrole nitrogens is 1. The second-order valence-electron chi connectivity index (χ2n) is 8.70. The van der Waals surface area contributed by atoms with Gasteiger partial charge in [-0.3, -0.25) is 19.3 Å². The number of aliphatic carboxylic acids is 1. The molecule has 0 saturated carbocycles. The van der Waals surface area contributed by atoms with E-state index in [2.05, 4.69) is 25.8 Å². The number of aryl methyl sites for hydroxylation is 1. The van der Waals surface area contributed by atoms with Crippen molar-refractivity contribution in [3.8, 4) is 0 Å². The molecule has 0 unspecified atom stereocenters. The average molecular weight is 547 g/mol. The van der Waals surface area contributed by atoms with Gasteiger partial charge in [0.2, 0.25) is 5.91 Å². The first kappa shape index (κ1) is 28.9. The lowest BCUT2D eigenvalue weighted by Gasteiger charge is -2.26. The lowest BCUT2D eigenvalue weighted by Crippen LogP contribution is -2.49. The van der Waals surface area contributed by atoms with Gasteiger partial charge in [-0.15, -0.1) is 0 Å². The van der Waals surface area contributed by atoms with Gasteiger partial charge in [-0.2, -0.15) is 13.2 Å². The smallest absolute Gasteiger partial charge is 0.475 e. The molecule has 1 saturated heterocycles. The summed E-state index contributed by atoms with van der Waals surface area (Å²) in [6.45, 7) is 13.6. The first-order valence-electron chi connectivity index (χ1n) is 11.6. The molecule has 11 nitrogen and oxygen atoms in total. The van der Waals surface area contributed by atoms with Gasteiger partial charge in [-0.25, -0.2) is 9.64 Å². The topological polar surface area (TPSA) is 148 Å². The minimum atomic E-state index is -5.08. The summed E-state index contributed by atoms with van der Waals surface area (Å²) in [6.07, 6.45) is -3.36. The summed E-state index contributed by atoms with van der Waals surface area (Å²) in [6, 6.07) is 5.07. The van der Waals surface area contributed by atoms with E-state index in [0.29, 0.717) is 65.6 Å². The van der Waals surface area contributed by atoms with Crippen molar-refractivity contribution in [1.82, 2.24) is 20.5 Å². The van der Waals surface area contributed by atoms with Gasteiger partial charge in [0.15, 0.2) is 5.69 Å². The second-order valence-corrected chi connectivity index (χ2v) is 8.70. The standard InChI is InChI=1S/C23H24N6O3.C2HF3O2/c1-13-19(11-17-16-10-15(24-3)4-5-18(16)28-22(17)31)27-14(2)21(13)23(32)26-7-9-29-8-6-25-20(30)12-29;3-2(4,5)1(6)7/h4-5,10-11,27H,6-9,12H2,1-2H3,(H,25,30)(H,26,32)(H,28,31);(H,6,7)/b17-11-;. The minimum absolute atomic E-state index is 0.00128. The number of hydrogen-bond donors (Lipinski definition) is 5. The predicted molar refractivity (Wildman–Crippen MR) is 135 cm³/mol. The maximum atomic E-state index is 12.8. The molecule has 3 amide bonds. The molecule has 14 heteroatoms. The number of piperazine rings is 1. The Bertz CT molecular complexity index is 1390. The molecule has 2 aliphatic rings. The zero-order valence-electron chi connectivity index (χ0n) is 21.0. The van der Waals surface area contributed by atoms with Crippen molar-refractivity contribution >= 4 is 46.7 Å². The van der Waals surface area contributed by atoms with Crippen LogP contribution >= 0.6 is 0 Å². The van der Waals surface area contributed by atoms with Gasteiger partial charge in [0.05, 0.1) is 18.7 Å². The molecule has 1 fully saturated rings. The van der Waals surface area contributed by atoms with Gasteiger partial charge >= 0.3 is 12.1 Å². The summed E-state index contributed by atoms with van der Waals surface area (Å²) in [5, 5.41) is 15.6. The fraction of sp³-hybridized carbons (Fsp3) is 0.320. The van der Waals surface area contributed by atoms with E-state index in [4.69, 9.17) is 16.5 Å². The first-order valence-corrected chi connectivity index (χ1v) is 11.6. The van der Waals surface area contributed by atoms with Crippen molar-refractivity contribution < 1.29 is 37.5 Å². The summed E-state index contributed by atoms with van der Waals surface area (Å²) in [5.74, 6) is -3.20. The first-order chi connectivity index (χ1) is 18.3. The number of aromatic nitrogens is 1. The van der Waals surface area contributed by atoms with E-state index in [1.54, 1.807) is 24.3 Å². The summed E-state index contributed by atoms with van der Waals surface area (Å²) in [4.78, 5) is 54.3. The van der Waals surface area contributed by atoms with Gasteiger partial charge in [0.1, 0.15) is 0 Å². The number of nitrogens with zero attached hydrogens (tertiary/aromatic N) is 2. The van der Waals surface area contributed by atoms with Gasteiger partial charge in [-0.05, 0) is 37.6 Å². The third kappa shape index (κ3) is 7.02. The number of carbonyl (C=O) groups is 4. The second kappa shape index (κ2) is 11.8. The number of aromatic amines is 1. The number of carboxylic acid groups (broad SMARTS) is 1. The highest BCUT2D eigenvalue weighted by atomic mass is 19.4. The van der Waals surface area contributed by atoms with Crippen LogP contribution in [0.1, 0.15) is 32.9 Å². The highest BCUT2D eigenvalue weighted by Crippen LogP contribution is 2.36. The third-order valence-electron chi connectivity index (χ3n) is 5.98. The molecule has 4 rings (SSSR count). The Balaban J connectivity index is 0.000000532. The number of halogens is 3. The fourth-order valence-corrected chi connectivity index (χ4v) is 4.09. The van der Waals surface area contributed by atoms with E-state index in [1.807, 2.05) is 18.7 Å². The number of rotatable bonds is 5. The Morgan fingerprint density at radius 3 is 2.56 bits per heavy atom. The van der Waals surface area contributed by atoms with Crippen LogP contribution in [0.15, 0.2) is 18.2 Å². The molecule has 2 aromatic rings. The molecule has 0 atom stereocenters. The molecule has 1 aromatic carbocycles. The number of alkyl halides is 3. The van der Waals surface area contributed by atoms with Crippen LogP contribution in [0.25, 0.3) is 16.5 Å². The monoisotopic (exact) mass is 546 g/mol. The molecule has 0 bridgehead atoms. The predicted octanol–water partition coefficient (Wildman–Crippen LogP) is 2.47. The SMILES string of the molecule is O=C(O)C(F)(F)F.[C-]#[N+]c1ccc2c(c1)/C(=C/c1[nH]c(C)c(C(=O)NCCN3CCNC(=O)C3)c1C)C(=O)N2. The van der Waals surface area contributed by atoms with Crippen molar-refractivity contribution in [2.75, 3.05) is 38.0 Å². The number of anilines is 1. The molecule has 39 heavy (non-hydrogen) atoms. The van der Waals surface area contributed by atoms with Crippen molar-refractivity contribution in [2.24, 2.45) is 0 Å². The zero-order valence-corrected chi connectivity index (χ0v) is 21.0. The van der Waals surface area contributed by atoms with Crippen LogP contribution in [0.2, 0.25) is 0 Å². The summed E-state index contributed by atoms with van der Waals surface area (Å²) in [7, 11) is 0. The number of benzene rings is 1. The molecular weight excluding hydrogens is 521 g/mol. The van der Waals surface area contributed by atoms with Crippen LogP contribution < -0.4 is 16.0 Å². The number of hydrogen-bond acceptors (Lipinski definition) is 5. The molecule has 2 aliphatic heterocycles. The number of fused-ring (bicyclic) bond motifs is 1. The third-order valence-corrected chi connectivity index (χ3v) is 5.98. The van der Waals surface area contributed by atoms with E-state index in [1.165, 1.54) is 0 Å². The van der Waals surface area contributed by atoms with Crippen LogP contribution in [0.5, 0.6) is 0 Å². The molecule has 0 spiro atoms. The van der Waals surface area contributed by atoms with Gasteiger partial charge in [0, 0.05) is 54.4 Å². The van der Waals surface area contributed by atoms with E-state index >= 15 is 0 Å². The van der Waals surface area contributed by atoms with E-state index in [0.717, 1.165) is 12.1 Å². The molecule has 0 aliphatic carbocycles. The van der Waals surface area contributed by atoms with Crippen LogP contribution in [0.4, 0.5) is 24.5 Å². The Morgan fingerprint density at radius 2 is 1.95 bits per heavy atom. The van der Waals surface area contributed by atoms with Crippen LogP contribution in [0, 0.1) is 20.4 Å². The highest BCUT2D eigenvalue weighted by Gasteiger charge is 2.38. The van der Waals surface area contributed by atoms with Crippen LogP contribution in [-0.2, 0) is 14.4 Å². The number of amides is 3. The largest absolute Gasteiger partial charge is 0.490 e. The van der Waals surface area contributed by atoms with Crippen molar-refractivity contribution in [3.05, 3.63) is 57.7 Å². The molecule has 5 N–H and O–H groups in total. The van der Waals surface area contributed by atoms with Crippen LogP contribution in [-0.4, -0.2) is 77.6 Å². The van der Waals surface area contributed by atoms with Gasteiger partial charge in [0.25, 0.3) is 11.8 Å². The molecule has 0 radical (unpaired) electrons. The van der Waals surface area contributed by atoms with E-state index < -0.39 is 12.1 Å². The zero-order chi connectivity index (χ0) is 28.9. The lowest BCUT2D eigenvalue weighted by atomic mass is 10.0. The number of carboxylic acids is 1. The van der Waals surface area contributed by atoms with Gasteiger partial charge in [-0.1, -0.05) is 6.07 Å². The maximum Gasteiger partial charge on any atom is 0.490 e. The molecule has 206 valence electrons. The fourth-order valence-electron chi connectivity index (χ4n) is 4.09. The Morgan fingerprint density at radius 1 is 1.26 bits per heavy atom. The molecule has 3 heterocycles. The summed E-state index contributed by atoms with van der Waals surface area (Å²) < 4.78 is 31.7. The van der Waals surface area contributed by atoms with E-state index in [9.17, 15) is 27.6 Å². The van der Waals surface area contributed by atoms with Crippen molar-refractivity contribution in [3.63, 3.8) is 0 Å². The normalized spacial score (nSPS) is 15.9. The molecule has 1 aromatic heterocycles. The lowest BCUT2D eigenvalue weighted by molar-refractivity contribution is -0.192. The maximum absolute atomic E-state index is 12.8. The average Bonchev–Trinajstić information content (AvgIpc) is 3.32.